The largest absolute Gasteiger partial charge is 0.484 e. The number of para-hydroxylation sites is 1. The smallest absolute Gasteiger partial charge is 0.262 e. The van der Waals surface area contributed by atoms with Crippen molar-refractivity contribution in [2.24, 2.45) is 0 Å². The SMILES string of the molecule is O=C(COc1ccc(NC(=O)c2ccc(Cl)cc2)cc1)Nc1ccccc1Br. The molecule has 0 fully saturated rings. The molecule has 0 radical (unpaired) electrons. The third kappa shape index (κ3) is 5.58. The summed E-state index contributed by atoms with van der Waals surface area (Å²) in [6.45, 7) is -0.127. The summed E-state index contributed by atoms with van der Waals surface area (Å²) in [5.74, 6) is 0.0111. The topological polar surface area (TPSA) is 67.4 Å². The Balaban J connectivity index is 1.51. The third-order valence-electron chi connectivity index (χ3n) is 3.74. The number of halogens is 2. The molecule has 0 saturated carbocycles. The van der Waals surface area contributed by atoms with Crippen LogP contribution in [0.2, 0.25) is 5.02 Å². The van der Waals surface area contributed by atoms with Crippen LogP contribution in [0.25, 0.3) is 0 Å². The number of nitrogens with one attached hydrogen (secondary N) is 2. The molecule has 7 heteroatoms. The molecule has 3 rings (SSSR count). The van der Waals surface area contributed by atoms with E-state index in [1.807, 2.05) is 18.2 Å². The average Bonchev–Trinajstić information content (AvgIpc) is 2.70. The molecular weight excluding hydrogens is 444 g/mol. The van der Waals surface area contributed by atoms with E-state index < -0.39 is 0 Å². The number of rotatable bonds is 6. The highest BCUT2D eigenvalue weighted by Gasteiger charge is 2.08. The lowest BCUT2D eigenvalue weighted by Gasteiger charge is -2.10. The van der Waals surface area contributed by atoms with Crippen LogP contribution in [0.1, 0.15) is 10.4 Å². The number of hydrogen-bond acceptors (Lipinski definition) is 3. The van der Waals surface area contributed by atoms with Crippen molar-refractivity contribution in [2.75, 3.05) is 17.2 Å². The molecule has 142 valence electrons. The van der Waals surface area contributed by atoms with E-state index in [0.29, 0.717) is 27.7 Å². The van der Waals surface area contributed by atoms with Gasteiger partial charge in [-0.3, -0.25) is 9.59 Å². The first kappa shape index (κ1) is 19.9. The number of amides is 2. The Hall–Kier alpha value is -2.83. The van der Waals surface area contributed by atoms with E-state index in [9.17, 15) is 9.59 Å². The van der Waals surface area contributed by atoms with E-state index in [0.717, 1.165) is 4.47 Å². The first-order chi connectivity index (χ1) is 13.5. The van der Waals surface area contributed by atoms with Gasteiger partial charge in [0.25, 0.3) is 11.8 Å². The monoisotopic (exact) mass is 458 g/mol. The summed E-state index contributed by atoms with van der Waals surface area (Å²) >= 11 is 9.19. The second-order valence-corrected chi connectivity index (χ2v) is 7.09. The lowest BCUT2D eigenvalue weighted by atomic mass is 10.2. The fourth-order valence-electron chi connectivity index (χ4n) is 2.34. The van der Waals surface area contributed by atoms with E-state index in [-0.39, 0.29) is 18.4 Å². The minimum atomic E-state index is -0.271. The van der Waals surface area contributed by atoms with Gasteiger partial charge in [-0.15, -0.1) is 0 Å². The second-order valence-electron chi connectivity index (χ2n) is 5.80. The molecule has 0 unspecified atom stereocenters. The van der Waals surface area contributed by atoms with Crippen molar-refractivity contribution in [2.45, 2.75) is 0 Å². The summed E-state index contributed by atoms with van der Waals surface area (Å²) in [5, 5.41) is 6.12. The van der Waals surface area contributed by atoms with Crippen molar-refractivity contribution in [3.05, 3.63) is 87.9 Å². The molecule has 0 spiro atoms. The zero-order valence-electron chi connectivity index (χ0n) is 14.6. The van der Waals surface area contributed by atoms with Gasteiger partial charge in [0, 0.05) is 20.7 Å². The van der Waals surface area contributed by atoms with Gasteiger partial charge in [0.05, 0.1) is 5.69 Å². The third-order valence-corrected chi connectivity index (χ3v) is 4.68. The van der Waals surface area contributed by atoms with E-state index in [1.54, 1.807) is 54.6 Å². The summed E-state index contributed by atoms with van der Waals surface area (Å²) < 4.78 is 6.28. The lowest BCUT2D eigenvalue weighted by molar-refractivity contribution is -0.118. The quantitative estimate of drug-likeness (QED) is 0.520. The fourth-order valence-corrected chi connectivity index (χ4v) is 2.85. The van der Waals surface area contributed by atoms with Crippen molar-refractivity contribution in [3.8, 4) is 5.75 Å². The molecule has 2 N–H and O–H groups in total. The van der Waals surface area contributed by atoms with E-state index >= 15 is 0 Å². The molecule has 2 amide bonds. The first-order valence-corrected chi connectivity index (χ1v) is 9.52. The standard InChI is InChI=1S/C21H16BrClN2O3/c22-18-3-1-2-4-19(18)25-20(26)13-28-17-11-9-16(10-12-17)24-21(27)14-5-7-15(23)8-6-14/h1-12H,13H2,(H,24,27)(H,25,26). The van der Waals surface area contributed by atoms with Crippen molar-refractivity contribution in [1.29, 1.82) is 0 Å². The number of hydrogen-bond donors (Lipinski definition) is 2. The van der Waals surface area contributed by atoms with E-state index in [1.165, 1.54) is 0 Å². The molecule has 28 heavy (non-hydrogen) atoms. The van der Waals surface area contributed by atoms with Crippen molar-refractivity contribution in [1.82, 2.24) is 0 Å². The van der Waals surface area contributed by atoms with Crippen LogP contribution in [0, 0.1) is 0 Å². The van der Waals surface area contributed by atoms with Crippen LogP contribution in [0.15, 0.2) is 77.3 Å². The van der Waals surface area contributed by atoms with Gasteiger partial charge in [0.2, 0.25) is 0 Å². The maximum absolute atomic E-state index is 12.2. The molecule has 0 aliphatic heterocycles. The number of ether oxygens (including phenoxy) is 1. The number of benzene rings is 3. The van der Waals surface area contributed by atoms with Gasteiger partial charge in [-0.1, -0.05) is 23.7 Å². The van der Waals surface area contributed by atoms with Crippen molar-refractivity contribution < 1.29 is 14.3 Å². The van der Waals surface area contributed by atoms with Gasteiger partial charge in [-0.05, 0) is 76.6 Å². The van der Waals surface area contributed by atoms with Crippen LogP contribution in [0.3, 0.4) is 0 Å². The summed E-state index contributed by atoms with van der Waals surface area (Å²) in [5.41, 5.74) is 1.80. The minimum Gasteiger partial charge on any atom is -0.484 e. The highest BCUT2D eigenvalue weighted by atomic mass is 79.9. The van der Waals surface area contributed by atoms with Crippen molar-refractivity contribution in [3.63, 3.8) is 0 Å². The molecule has 0 heterocycles. The predicted molar refractivity (Wildman–Crippen MR) is 114 cm³/mol. The van der Waals surface area contributed by atoms with Crippen LogP contribution in [0.4, 0.5) is 11.4 Å². The molecule has 3 aromatic carbocycles. The molecule has 0 aliphatic carbocycles. The maximum atomic E-state index is 12.2. The van der Waals surface area contributed by atoms with E-state index in [2.05, 4.69) is 26.6 Å². The molecule has 0 bridgehead atoms. The minimum absolute atomic E-state index is 0.127. The highest BCUT2D eigenvalue weighted by molar-refractivity contribution is 9.10. The van der Waals surface area contributed by atoms with Gasteiger partial charge >= 0.3 is 0 Å². The molecule has 3 aromatic rings. The Morgan fingerprint density at radius 3 is 2.25 bits per heavy atom. The van der Waals surface area contributed by atoms with Gasteiger partial charge in [0.15, 0.2) is 6.61 Å². The van der Waals surface area contributed by atoms with Gasteiger partial charge in [-0.2, -0.15) is 0 Å². The molecule has 0 aliphatic rings. The first-order valence-electron chi connectivity index (χ1n) is 8.35. The number of carbonyl (C=O) groups excluding carboxylic acids is 2. The molecule has 0 aromatic heterocycles. The fraction of sp³-hybridized carbons (Fsp3) is 0.0476. The lowest BCUT2D eigenvalue weighted by Crippen LogP contribution is -2.20. The zero-order valence-corrected chi connectivity index (χ0v) is 17.0. The summed E-state index contributed by atoms with van der Waals surface area (Å²) in [7, 11) is 0. The zero-order chi connectivity index (χ0) is 19.9. The average molecular weight is 460 g/mol. The number of anilines is 2. The Kier molecular flexibility index (Phi) is 6.68. The summed E-state index contributed by atoms with van der Waals surface area (Å²) in [6.07, 6.45) is 0. The molecule has 0 atom stereocenters. The molecular formula is C21H16BrClN2O3. The Morgan fingerprint density at radius 2 is 1.57 bits per heavy atom. The predicted octanol–water partition coefficient (Wildman–Crippen LogP) is 5.37. The van der Waals surface area contributed by atoms with Gasteiger partial charge in [0.1, 0.15) is 5.75 Å². The van der Waals surface area contributed by atoms with Gasteiger partial charge < -0.3 is 15.4 Å². The van der Waals surface area contributed by atoms with Crippen molar-refractivity contribution >= 4 is 50.7 Å². The van der Waals surface area contributed by atoms with Crippen LogP contribution in [-0.4, -0.2) is 18.4 Å². The Bertz CT molecular complexity index is 976. The Labute approximate surface area is 175 Å². The van der Waals surface area contributed by atoms with Gasteiger partial charge in [-0.25, -0.2) is 0 Å². The maximum Gasteiger partial charge on any atom is 0.262 e. The highest BCUT2D eigenvalue weighted by Crippen LogP contribution is 2.21. The van der Waals surface area contributed by atoms with Crippen LogP contribution >= 0.6 is 27.5 Å². The summed E-state index contributed by atoms with van der Waals surface area (Å²) in [6, 6.07) is 20.7. The summed E-state index contributed by atoms with van der Waals surface area (Å²) in [4.78, 5) is 24.2. The normalized spacial score (nSPS) is 10.2. The number of carbonyl (C=O) groups is 2. The molecule has 5 nitrogen and oxygen atoms in total. The van der Waals surface area contributed by atoms with Crippen LogP contribution in [-0.2, 0) is 4.79 Å². The van der Waals surface area contributed by atoms with E-state index in [4.69, 9.17) is 16.3 Å². The second kappa shape index (κ2) is 9.39. The van der Waals surface area contributed by atoms with Crippen LogP contribution in [0.5, 0.6) is 5.75 Å². The molecule has 0 saturated heterocycles. The Morgan fingerprint density at radius 1 is 0.893 bits per heavy atom. The van der Waals surface area contributed by atoms with Crippen LogP contribution < -0.4 is 15.4 Å².